The molecule has 0 bridgehead atoms. The fourth-order valence-electron chi connectivity index (χ4n) is 5.07. The van der Waals surface area contributed by atoms with Crippen molar-refractivity contribution in [2.24, 2.45) is 14.1 Å². The van der Waals surface area contributed by atoms with Gasteiger partial charge in [-0.1, -0.05) is 6.07 Å². The first-order valence-corrected chi connectivity index (χ1v) is 13.0. The molecule has 1 aliphatic heterocycles. The normalized spacial score (nSPS) is 13.6. The van der Waals surface area contributed by atoms with Crippen LogP contribution < -0.4 is 25.8 Å². The van der Waals surface area contributed by atoms with Gasteiger partial charge in [-0.2, -0.15) is 5.10 Å². The molecule has 0 unspecified atom stereocenters. The average molecular weight is 526 g/mol. The minimum atomic E-state index is -0.185. The summed E-state index contributed by atoms with van der Waals surface area (Å²) in [7, 11) is 5.17. The Kier molecular flexibility index (Phi) is 6.39. The maximum absolute atomic E-state index is 13.0. The van der Waals surface area contributed by atoms with Gasteiger partial charge in [-0.25, -0.2) is 9.97 Å². The third-order valence-corrected chi connectivity index (χ3v) is 7.01. The van der Waals surface area contributed by atoms with Crippen LogP contribution in [-0.2, 0) is 14.1 Å². The fraction of sp³-hybridized carbons (Fsp3) is 0.286. The molecule has 0 saturated carbocycles. The SMILES string of the molecule is COc1c(Nc2cc(Nc3ccc(N4CCCCC4)cn3)nc3[nH]n(C)c(=O)c23)cccc1-c1ccn(C)n1. The predicted octanol–water partition coefficient (Wildman–Crippen LogP) is 4.54. The van der Waals surface area contributed by atoms with Gasteiger partial charge in [-0.05, 0) is 49.6 Å². The van der Waals surface area contributed by atoms with Crippen molar-refractivity contribution in [1.29, 1.82) is 0 Å². The molecular formula is C28H31N9O2. The Bertz CT molecular complexity index is 1680. The van der Waals surface area contributed by atoms with Crippen LogP contribution in [-0.4, -0.2) is 49.7 Å². The number of aryl methyl sites for hydroxylation is 2. The number of benzene rings is 1. The van der Waals surface area contributed by atoms with E-state index in [0.717, 1.165) is 30.0 Å². The quantitative estimate of drug-likeness (QED) is 0.283. The van der Waals surface area contributed by atoms with Gasteiger partial charge in [0.05, 0.1) is 36.1 Å². The number of aromatic nitrogens is 6. The third-order valence-electron chi connectivity index (χ3n) is 7.01. The molecule has 0 amide bonds. The van der Waals surface area contributed by atoms with E-state index in [1.165, 1.54) is 23.9 Å². The van der Waals surface area contributed by atoms with Gasteiger partial charge in [0.25, 0.3) is 5.56 Å². The summed E-state index contributed by atoms with van der Waals surface area (Å²) < 4.78 is 8.96. The van der Waals surface area contributed by atoms with Gasteiger partial charge < -0.3 is 20.3 Å². The van der Waals surface area contributed by atoms with E-state index in [4.69, 9.17) is 4.74 Å². The Morgan fingerprint density at radius 1 is 0.974 bits per heavy atom. The number of anilines is 5. The second-order valence-electron chi connectivity index (χ2n) is 9.72. The summed E-state index contributed by atoms with van der Waals surface area (Å²) in [5.74, 6) is 1.84. The van der Waals surface area contributed by atoms with Crippen molar-refractivity contribution in [3.63, 3.8) is 0 Å². The molecule has 1 saturated heterocycles. The number of aromatic amines is 1. The lowest BCUT2D eigenvalue weighted by Crippen LogP contribution is -2.29. The average Bonchev–Trinajstić information content (AvgIpc) is 3.51. The van der Waals surface area contributed by atoms with Gasteiger partial charge in [-0.3, -0.25) is 19.3 Å². The summed E-state index contributed by atoms with van der Waals surface area (Å²) in [5.41, 5.74) is 4.31. The van der Waals surface area contributed by atoms with Crippen molar-refractivity contribution < 1.29 is 4.74 Å². The van der Waals surface area contributed by atoms with Gasteiger partial charge in [0.15, 0.2) is 11.4 Å². The van der Waals surface area contributed by atoms with Crippen molar-refractivity contribution in [2.45, 2.75) is 19.3 Å². The molecule has 0 spiro atoms. The van der Waals surface area contributed by atoms with Crippen LogP contribution in [0.3, 0.4) is 0 Å². The molecule has 0 aliphatic carbocycles. The van der Waals surface area contributed by atoms with Crippen molar-refractivity contribution in [3.05, 3.63) is 65.2 Å². The monoisotopic (exact) mass is 525 g/mol. The zero-order valence-electron chi connectivity index (χ0n) is 22.2. The van der Waals surface area contributed by atoms with Gasteiger partial charge >= 0.3 is 0 Å². The summed E-state index contributed by atoms with van der Waals surface area (Å²) in [6, 6.07) is 13.6. The summed E-state index contributed by atoms with van der Waals surface area (Å²) in [5, 5.41) is 14.7. The second kappa shape index (κ2) is 10.2. The highest BCUT2D eigenvalue weighted by molar-refractivity contribution is 5.94. The number of rotatable bonds is 7. The molecule has 1 aromatic carbocycles. The lowest BCUT2D eigenvalue weighted by atomic mass is 10.1. The van der Waals surface area contributed by atoms with Crippen molar-refractivity contribution in [3.8, 4) is 17.0 Å². The lowest BCUT2D eigenvalue weighted by molar-refractivity contribution is 0.418. The van der Waals surface area contributed by atoms with E-state index < -0.39 is 0 Å². The zero-order chi connectivity index (χ0) is 26.9. The number of nitrogens with zero attached hydrogens (tertiary/aromatic N) is 6. The summed E-state index contributed by atoms with van der Waals surface area (Å²) in [6.07, 6.45) is 7.49. The van der Waals surface area contributed by atoms with E-state index in [0.29, 0.717) is 39.8 Å². The highest BCUT2D eigenvalue weighted by Crippen LogP contribution is 2.38. The van der Waals surface area contributed by atoms with Crippen LogP contribution in [0, 0.1) is 0 Å². The van der Waals surface area contributed by atoms with Gasteiger partial charge in [0.2, 0.25) is 0 Å². The van der Waals surface area contributed by atoms with E-state index in [1.54, 1.807) is 18.8 Å². The minimum absolute atomic E-state index is 0.185. The Labute approximate surface area is 225 Å². The highest BCUT2D eigenvalue weighted by Gasteiger charge is 2.18. The van der Waals surface area contributed by atoms with Crippen LogP contribution in [0.1, 0.15) is 19.3 Å². The molecule has 5 aromatic rings. The largest absolute Gasteiger partial charge is 0.494 e. The van der Waals surface area contributed by atoms with E-state index in [1.807, 2.05) is 55.8 Å². The van der Waals surface area contributed by atoms with Gasteiger partial charge in [0.1, 0.15) is 17.0 Å². The molecule has 11 nitrogen and oxygen atoms in total. The maximum Gasteiger partial charge on any atom is 0.277 e. The minimum Gasteiger partial charge on any atom is -0.494 e. The maximum atomic E-state index is 13.0. The third kappa shape index (κ3) is 4.78. The number of pyridine rings is 2. The molecule has 39 heavy (non-hydrogen) atoms. The Morgan fingerprint density at radius 3 is 2.54 bits per heavy atom. The molecule has 200 valence electrons. The van der Waals surface area contributed by atoms with Crippen molar-refractivity contribution in [1.82, 2.24) is 29.5 Å². The Hall–Kier alpha value is -4.80. The number of H-pyrrole nitrogens is 1. The summed E-state index contributed by atoms with van der Waals surface area (Å²) >= 11 is 0. The van der Waals surface area contributed by atoms with Crippen molar-refractivity contribution >= 4 is 39.7 Å². The Morgan fingerprint density at radius 2 is 1.82 bits per heavy atom. The topological polar surface area (TPSA) is 118 Å². The molecule has 0 atom stereocenters. The first-order chi connectivity index (χ1) is 19.0. The first-order valence-electron chi connectivity index (χ1n) is 13.0. The number of methoxy groups -OCH3 is 1. The second-order valence-corrected chi connectivity index (χ2v) is 9.72. The Balaban J connectivity index is 1.35. The van der Waals surface area contributed by atoms with Gasteiger partial charge in [-0.15, -0.1) is 0 Å². The van der Waals surface area contributed by atoms with E-state index in [-0.39, 0.29) is 5.56 Å². The van der Waals surface area contributed by atoms with Crippen molar-refractivity contribution in [2.75, 3.05) is 35.7 Å². The number of nitrogens with one attached hydrogen (secondary N) is 3. The lowest BCUT2D eigenvalue weighted by Gasteiger charge is -2.28. The number of ether oxygens (including phenoxy) is 1. The van der Waals surface area contributed by atoms with E-state index >= 15 is 0 Å². The molecular weight excluding hydrogens is 494 g/mol. The molecule has 11 heteroatoms. The number of fused-ring (bicyclic) bond motifs is 1. The highest BCUT2D eigenvalue weighted by atomic mass is 16.5. The van der Waals surface area contributed by atoms with E-state index in [2.05, 4.69) is 41.8 Å². The number of piperidine rings is 1. The molecule has 4 aromatic heterocycles. The molecule has 1 fully saturated rings. The zero-order valence-corrected chi connectivity index (χ0v) is 22.2. The number of para-hydroxylation sites is 1. The van der Waals surface area contributed by atoms with Crippen LogP contribution >= 0.6 is 0 Å². The predicted molar refractivity (Wildman–Crippen MR) is 153 cm³/mol. The van der Waals surface area contributed by atoms with E-state index in [9.17, 15) is 4.79 Å². The number of hydrogen-bond donors (Lipinski definition) is 3. The van der Waals surface area contributed by atoms with Crippen LogP contribution in [0.4, 0.5) is 28.7 Å². The molecule has 1 aliphatic rings. The van der Waals surface area contributed by atoms with Crippen LogP contribution in [0.25, 0.3) is 22.3 Å². The molecule has 6 rings (SSSR count). The summed E-state index contributed by atoms with van der Waals surface area (Å²) in [4.78, 5) is 24.7. The molecule has 0 radical (unpaired) electrons. The first kappa shape index (κ1) is 24.5. The summed E-state index contributed by atoms with van der Waals surface area (Å²) in [6.45, 7) is 2.13. The fourth-order valence-corrected chi connectivity index (χ4v) is 5.07. The smallest absolute Gasteiger partial charge is 0.277 e. The van der Waals surface area contributed by atoms with Crippen LogP contribution in [0.5, 0.6) is 5.75 Å². The van der Waals surface area contributed by atoms with Crippen LogP contribution in [0.15, 0.2) is 59.7 Å². The van der Waals surface area contributed by atoms with Crippen LogP contribution in [0.2, 0.25) is 0 Å². The molecule has 5 heterocycles. The number of hydrogen-bond acceptors (Lipinski definition) is 8. The standard InChI is InChI=1S/C28H31N9O2/c1-35-15-12-20(33-35)19-8-7-9-21(26(19)39-3)30-22-16-24(32-27-25(22)28(38)36(2)34-27)31-23-11-10-18(17-29-23)37-13-5-4-6-14-37/h7-12,15-17H,4-6,13-14H2,1-3H3,(H3,29,30,31,32,34). The molecule has 3 N–H and O–H groups in total. The van der Waals surface area contributed by atoms with Gasteiger partial charge in [0, 0.05) is 45.0 Å².